The van der Waals surface area contributed by atoms with Crippen molar-refractivity contribution in [3.05, 3.63) is 72.1 Å². The Kier molecular flexibility index (Phi) is 2.97. The second-order valence-corrected chi connectivity index (χ2v) is 5.42. The maximum Gasteiger partial charge on any atom is 0.115 e. The Hall–Kier alpha value is -2.94. The quantitative estimate of drug-likeness (QED) is 0.656. The Morgan fingerprint density at radius 2 is 1.82 bits per heavy atom. The van der Waals surface area contributed by atoms with Gasteiger partial charge in [0.25, 0.3) is 0 Å². The zero-order valence-electron chi connectivity index (χ0n) is 12.0. The summed E-state index contributed by atoms with van der Waals surface area (Å²) in [5.41, 5.74) is 7.05. The third-order valence-electron chi connectivity index (χ3n) is 3.98. The molecule has 0 atom stereocenters. The van der Waals surface area contributed by atoms with Crippen molar-refractivity contribution in [2.24, 2.45) is 0 Å². The number of fused-ring (bicyclic) bond motifs is 1. The molecule has 0 fully saturated rings. The van der Waals surface area contributed by atoms with Crippen LogP contribution >= 0.6 is 0 Å². The van der Waals surface area contributed by atoms with Crippen LogP contribution in [-0.2, 0) is 0 Å². The van der Waals surface area contributed by atoms with Crippen LogP contribution in [0.4, 0.5) is 5.69 Å². The maximum absolute atomic E-state index is 9.49. The van der Waals surface area contributed by atoms with E-state index in [1.54, 1.807) is 12.1 Å². The van der Waals surface area contributed by atoms with Gasteiger partial charge >= 0.3 is 0 Å². The molecule has 4 rings (SSSR count). The minimum Gasteiger partial charge on any atom is -0.508 e. The SMILES string of the molecule is Oc1ccc(-c2cccc3c2/C(=C/c2ccc[nH]2)CN3)cc1. The van der Waals surface area contributed by atoms with Crippen molar-refractivity contribution in [2.45, 2.75) is 0 Å². The van der Waals surface area contributed by atoms with Gasteiger partial charge in [0.2, 0.25) is 0 Å². The van der Waals surface area contributed by atoms with E-state index < -0.39 is 0 Å². The van der Waals surface area contributed by atoms with Crippen molar-refractivity contribution in [3.8, 4) is 16.9 Å². The largest absolute Gasteiger partial charge is 0.508 e. The van der Waals surface area contributed by atoms with Gasteiger partial charge in [0.05, 0.1) is 0 Å². The van der Waals surface area contributed by atoms with Crippen molar-refractivity contribution in [3.63, 3.8) is 0 Å². The number of aromatic nitrogens is 1. The zero-order chi connectivity index (χ0) is 14.9. The Labute approximate surface area is 128 Å². The van der Waals surface area contributed by atoms with Gasteiger partial charge in [-0.15, -0.1) is 0 Å². The molecule has 3 heteroatoms. The number of rotatable bonds is 2. The molecule has 0 aliphatic carbocycles. The molecule has 0 amide bonds. The van der Waals surface area contributed by atoms with E-state index in [-0.39, 0.29) is 5.75 Å². The molecule has 108 valence electrons. The summed E-state index contributed by atoms with van der Waals surface area (Å²) < 4.78 is 0. The van der Waals surface area contributed by atoms with Crippen LogP contribution in [0.25, 0.3) is 22.8 Å². The molecule has 0 radical (unpaired) electrons. The summed E-state index contributed by atoms with van der Waals surface area (Å²) in [4.78, 5) is 3.22. The van der Waals surface area contributed by atoms with E-state index in [0.717, 1.165) is 23.5 Å². The van der Waals surface area contributed by atoms with E-state index in [2.05, 4.69) is 40.6 Å². The van der Waals surface area contributed by atoms with Gasteiger partial charge < -0.3 is 15.4 Å². The van der Waals surface area contributed by atoms with Crippen LogP contribution in [-0.4, -0.2) is 16.6 Å². The number of hydrogen-bond donors (Lipinski definition) is 3. The molecular weight excluding hydrogens is 272 g/mol. The highest BCUT2D eigenvalue weighted by Crippen LogP contribution is 2.39. The molecule has 3 nitrogen and oxygen atoms in total. The summed E-state index contributed by atoms with van der Waals surface area (Å²) in [5.74, 6) is 0.289. The Balaban J connectivity index is 1.86. The summed E-state index contributed by atoms with van der Waals surface area (Å²) in [5, 5.41) is 12.9. The highest BCUT2D eigenvalue weighted by atomic mass is 16.3. The van der Waals surface area contributed by atoms with Gasteiger partial charge in [0.1, 0.15) is 5.75 Å². The van der Waals surface area contributed by atoms with Crippen molar-refractivity contribution >= 4 is 17.3 Å². The molecule has 0 unspecified atom stereocenters. The second kappa shape index (κ2) is 5.11. The lowest BCUT2D eigenvalue weighted by atomic mass is 9.94. The Morgan fingerprint density at radius 3 is 2.59 bits per heavy atom. The lowest BCUT2D eigenvalue weighted by molar-refractivity contribution is 0.475. The van der Waals surface area contributed by atoms with Crippen LogP contribution in [0.3, 0.4) is 0 Å². The number of anilines is 1. The topological polar surface area (TPSA) is 48.0 Å². The summed E-state index contributed by atoms with van der Waals surface area (Å²) in [6.45, 7) is 0.823. The first-order chi connectivity index (χ1) is 10.8. The number of phenolic OH excluding ortho intramolecular Hbond substituents is 1. The fraction of sp³-hybridized carbons (Fsp3) is 0.0526. The van der Waals surface area contributed by atoms with E-state index in [1.165, 1.54) is 16.7 Å². The van der Waals surface area contributed by atoms with Crippen LogP contribution in [0, 0.1) is 0 Å². The summed E-state index contributed by atoms with van der Waals surface area (Å²) >= 11 is 0. The first-order valence-corrected chi connectivity index (χ1v) is 7.32. The lowest BCUT2D eigenvalue weighted by Gasteiger charge is -2.09. The number of benzene rings is 2. The molecule has 3 aromatic rings. The van der Waals surface area contributed by atoms with Crippen molar-refractivity contribution in [1.29, 1.82) is 0 Å². The van der Waals surface area contributed by atoms with Crippen molar-refractivity contribution in [2.75, 3.05) is 11.9 Å². The fourth-order valence-electron chi connectivity index (χ4n) is 2.95. The first-order valence-electron chi connectivity index (χ1n) is 7.32. The van der Waals surface area contributed by atoms with Gasteiger partial charge in [0.15, 0.2) is 0 Å². The third-order valence-corrected chi connectivity index (χ3v) is 3.98. The standard InChI is InChI=1S/C19H16N2O/c22-16-8-6-13(7-9-16)17-4-1-5-18-19(17)14(12-21-18)11-15-3-2-10-20-15/h1-11,20-22H,12H2/b14-11+. The summed E-state index contributed by atoms with van der Waals surface area (Å²) in [7, 11) is 0. The van der Waals surface area contributed by atoms with Gasteiger partial charge in [0, 0.05) is 29.7 Å². The van der Waals surface area contributed by atoms with Gasteiger partial charge in [-0.25, -0.2) is 0 Å². The average molecular weight is 288 g/mol. The number of aromatic hydroxyl groups is 1. The molecule has 0 spiro atoms. The van der Waals surface area contributed by atoms with E-state index in [1.807, 2.05) is 24.4 Å². The molecule has 0 saturated carbocycles. The number of phenols is 1. The fourth-order valence-corrected chi connectivity index (χ4v) is 2.95. The smallest absolute Gasteiger partial charge is 0.115 e. The molecule has 0 bridgehead atoms. The predicted molar refractivity (Wildman–Crippen MR) is 90.7 cm³/mol. The molecule has 22 heavy (non-hydrogen) atoms. The van der Waals surface area contributed by atoms with E-state index >= 15 is 0 Å². The van der Waals surface area contributed by atoms with Gasteiger partial charge in [-0.3, -0.25) is 0 Å². The number of aromatic amines is 1. The number of H-pyrrole nitrogens is 1. The molecule has 0 saturated heterocycles. The summed E-state index contributed by atoms with van der Waals surface area (Å²) in [6, 6.07) is 17.7. The average Bonchev–Trinajstić information content (AvgIpc) is 3.19. The van der Waals surface area contributed by atoms with Crippen molar-refractivity contribution in [1.82, 2.24) is 4.98 Å². The highest BCUT2D eigenvalue weighted by Gasteiger charge is 2.20. The van der Waals surface area contributed by atoms with E-state index in [9.17, 15) is 5.11 Å². The predicted octanol–water partition coefficient (Wildman–Crippen LogP) is 4.35. The molecule has 1 aromatic heterocycles. The number of hydrogen-bond acceptors (Lipinski definition) is 2. The normalized spacial score (nSPS) is 14.8. The van der Waals surface area contributed by atoms with Gasteiger partial charge in [-0.1, -0.05) is 24.3 Å². The van der Waals surface area contributed by atoms with Crippen LogP contribution in [0.15, 0.2) is 60.8 Å². The molecule has 2 aromatic carbocycles. The number of nitrogens with one attached hydrogen (secondary N) is 2. The lowest BCUT2D eigenvalue weighted by Crippen LogP contribution is -1.91. The highest BCUT2D eigenvalue weighted by molar-refractivity contribution is 5.99. The molecule has 2 heterocycles. The van der Waals surface area contributed by atoms with E-state index in [4.69, 9.17) is 0 Å². The van der Waals surface area contributed by atoms with E-state index in [0.29, 0.717) is 0 Å². The minimum atomic E-state index is 0.289. The van der Waals surface area contributed by atoms with Crippen LogP contribution in [0.1, 0.15) is 11.3 Å². The van der Waals surface area contributed by atoms with Gasteiger partial charge in [-0.05, 0) is 53.1 Å². The van der Waals surface area contributed by atoms with Crippen LogP contribution in [0.5, 0.6) is 5.75 Å². The van der Waals surface area contributed by atoms with Gasteiger partial charge in [-0.2, -0.15) is 0 Å². The summed E-state index contributed by atoms with van der Waals surface area (Å²) in [6.07, 6.45) is 4.12. The minimum absolute atomic E-state index is 0.289. The monoisotopic (exact) mass is 288 g/mol. The molecule has 1 aliphatic rings. The molecular formula is C19H16N2O. The molecule has 3 N–H and O–H groups in total. The Bertz CT molecular complexity index is 830. The van der Waals surface area contributed by atoms with Crippen molar-refractivity contribution < 1.29 is 5.11 Å². The second-order valence-electron chi connectivity index (χ2n) is 5.42. The van der Waals surface area contributed by atoms with Crippen LogP contribution < -0.4 is 5.32 Å². The molecule has 1 aliphatic heterocycles. The zero-order valence-corrected chi connectivity index (χ0v) is 12.0. The first kappa shape index (κ1) is 12.8. The third kappa shape index (κ3) is 2.17. The van der Waals surface area contributed by atoms with Crippen LogP contribution in [0.2, 0.25) is 0 Å². The maximum atomic E-state index is 9.49. The Morgan fingerprint density at radius 1 is 0.955 bits per heavy atom.